The largest absolute Gasteiger partial charge is 0.393 e. The summed E-state index contributed by atoms with van der Waals surface area (Å²) in [5.74, 6) is 0.0106. The molecule has 1 amide bonds. The average molecular weight is 308 g/mol. The van der Waals surface area contributed by atoms with Crippen molar-refractivity contribution in [2.24, 2.45) is 5.73 Å². The van der Waals surface area contributed by atoms with E-state index >= 15 is 0 Å². The van der Waals surface area contributed by atoms with Crippen molar-refractivity contribution in [1.29, 1.82) is 0 Å². The molecule has 0 aliphatic heterocycles. The molecule has 5 heteroatoms. The Morgan fingerprint density at radius 2 is 1.95 bits per heavy atom. The lowest BCUT2D eigenvalue weighted by molar-refractivity contribution is 0.0621. The van der Waals surface area contributed by atoms with Crippen LogP contribution in [0.25, 0.3) is 0 Å². The van der Waals surface area contributed by atoms with E-state index in [4.69, 9.17) is 22.7 Å². The highest BCUT2D eigenvalue weighted by atomic mass is 32.1. The molecule has 0 saturated carbocycles. The van der Waals surface area contributed by atoms with Crippen LogP contribution in [0.2, 0.25) is 0 Å². The third-order valence-electron chi connectivity index (χ3n) is 2.96. The van der Waals surface area contributed by atoms with E-state index in [1.807, 2.05) is 44.2 Å². The first kappa shape index (κ1) is 17.6. The van der Waals surface area contributed by atoms with Crippen LogP contribution in [0.15, 0.2) is 30.3 Å². The monoisotopic (exact) mass is 308 g/mol. The van der Waals surface area contributed by atoms with E-state index in [9.17, 15) is 4.79 Å². The van der Waals surface area contributed by atoms with Gasteiger partial charge in [-0.15, -0.1) is 0 Å². The maximum absolute atomic E-state index is 12.5. The molecule has 0 heterocycles. The zero-order valence-corrected chi connectivity index (χ0v) is 13.6. The number of rotatable bonds is 9. The third kappa shape index (κ3) is 7.20. The molecule has 0 saturated heterocycles. The molecule has 4 nitrogen and oxygen atoms in total. The Morgan fingerprint density at radius 1 is 1.29 bits per heavy atom. The van der Waals surface area contributed by atoms with Gasteiger partial charge >= 0.3 is 0 Å². The first-order chi connectivity index (χ1) is 10.0. The normalized spacial score (nSPS) is 10.6. The van der Waals surface area contributed by atoms with Gasteiger partial charge in [0.05, 0.1) is 11.1 Å². The van der Waals surface area contributed by atoms with Gasteiger partial charge in [-0.05, 0) is 32.4 Å². The molecule has 0 spiro atoms. The van der Waals surface area contributed by atoms with Crippen LogP contribution in [0.4, 0.5) is 0 Å². The highest BCUT2D eigenvalue weighted by Gasteiger charge is 2.15. The molecular formula is C16H24N2O2S. The lowest BCUT2D eigenvalue weighted by Crippen LogP contribution is -2.35. The summed E-state index contributed by atoms with van der Waals surface area (Å²) >= 11 is 4.90. The minimum atomic E-state index is 0.0106. The van der Waals surface area contributed by atoms with E-state index in [2.05, 4.69) is 0 Å². The van der Waals surface area contributed by atoms with Crippen molar-refractivity contribution in [2.45, 2.75) is 32.8 Å². The number of amides is 1. The second kappa shape index (κ2) is 9.47. The van der Waals surface area contributed by atoms with Gasteiger partial charge in [-0.1, -0.05) is 30.4 Å². The van der Waals surface area contributed by atoms with Crippen molar-refractivity contribution in [3.05, 3.63) is 35.9 Å². The molecule has 0 radical (unpaired) electrons. The van der Waals surface area contributed by atoms with Crippen molar-refractivity contribution < 1.29 is 9.53 Å². The summed E-state index contributed by atoms with van der Waals surface area (Å²) in [7, 11) is 0. The number of hydrogen-bond acceptors (Lipinski definition) is 3. The number of benzene rings is 1. The maximum Gasteiger partial charge on any atom is 0.253 e. The van der Waals surface area contributed by atoms with Crippen LogP contribution in [-0.4, -0.2) is 41.6 Å². The van der Waals surface area contributed by atoms with E-state index in [-0.39, 0.29) is 12.0 Å². The summed E-state index contributed by atoms with van der Waals surface area (Å²) in [6.07, 6.45) is 1.55. The van der Waals surface area contributed by atoms with E-state index in [1.165, 1.54) is 0 Å². The van der Waals surface area contributed by atoms with Crippen molar-refractivity contribution in [3.8, 4) is 0 Å². The van der Waals surface area contributed by atoms with Crippen LogP contribution in [-0.2, 0) is 4.74 Å². The van der Waals surface area contributed by atoms with Crippen molar-refractivity contribution in [3.63, 3.8) is 0 Å². The van der Waals surface area contributed by atoms with Crippen LogP contribution < -0.4 is 5.73 Å². The molecule has 0 aliphatic carbocycles. The first-order valence-corrected chi connectivity index (χ1v) is 7.65. The van der Waals surface area contributed by atoms with E-state index in [0.29, 0.717) is 36.7 Å². The SMILES string of the molecule is CC(C)OCCCN(CCC(N)=S)C(=O)c1ccccc1. The lowest BCUT2D eigenvalue weighted by Gasteiger charge is -2.23. The minimum Gasteiger partial charge on any atom is -0.393 e. The Balaban J connectivity index is 2.59. The first-order valence-electron chi connectivity index (χ1n) is 7.25. The van der Waals surface area contributed by atoms with Gasteiger partial charge in [0.25, 0.3) is 5.91 Å². The van der Waals surface area contributed by atoms with Crippen LogP contribution in [0, 0.1) is 0 Å². The maximum atomic E-state index is 12.5. The van der Waals surface area contributed by atoms with E-state index in [1.54, 1.807) is 4.90 Å². The van der Waals surface area contributed by atoms with Crippen LogP contribution in [0.5, 0.6) is 0 Å². The molecule has 0 bridgehead atoms. The molecule has 0 aromatic heterocycles. The Kier molecular flexibility index (Phi) is 7.93. The molecule has 0 aliphatic rings. The smallest absolute Gasteiger partial charge is 0.253 e. The Hall–Kier alpha value is -1.46. The standard InChI is InChI=1S/C16H24N2O2S/c1-13(2)20-12-6-10-18(11-9-15(17)21)16(19)14-7-4-3-5-8-14/h3-5,7-8,13H,6,9-12H2,1-2H3,(H2,17,21). The Bertz CT molecular complexity index is 449. The van der Waals surface area contributed by atoms with Gasteiger partial charge < -0.3 is 15.4 Å². The van der Waals surface area contributed by atoms with Crippen LogP contribution in [0.3, 0.4) is 0 Å². The molecule has 1 aromatic rings. The highest BCUT2D eigenvalue weighted by molar-refractivity contribution is 7.80. The summed E-state index contributed by atoms with van der Waals surface area (Å²) in [5, 5.41) is 0. The van der Waals surface area contributed by atoms with Crippen molar-refractivity contribution in [1.82, 2.24) is 4.90 Å². The zero-order chi connectivity index (χ0) is 15.7. The van der Waals surface area contributed by atoms with Gasteiger partial charge in [0.1, 0.15) is 0 Å². The van der Waals surface area contributed by atoms with Gasteiger partial charge in [0.15, 0.2) is 0 Å². The summed E-state index contributed by atoms with van der Waals surface area (Å²) in [6, 6.07) is 9.26. The van der Waals surface area contributed by atoms with Gasteiger partial charge in [0, 0.05) is 31.7 Å². The zero-order valence-electron chi connectivity index (χ0n) is 12.7. The molecule has 0 fully saturated rings. The fourth-order valence-corrected chi connectivity index (χ4v) is 1.99. The number of hydrogen-bond donors (Lipinski definition) is 1. The van der Waals surface area contributed by atoms with Gasteiger partial charge in [0.2, 0.25) is 0 Å². The average Bonchev–Trinajstić information content (AvgIpc) is 2.46. The van der Waals surface area contributed by atoms with Gasteiger partial charge in [-0.3, -0.25) is 4.79 Å². The fourth-order valence-electron chi connectivity index (χ4n) is 1.90. The number of nitrogens with two attached hydrogens (primary N) is 1. The molecule has 116 valence electrons. The number of carbonyl (C=O) groups is 1. The molecule has 2 N–H and O–H groups in total. The molecule has 1 rings (SSSR count). The lowest BCUT2D eigenvalue weighted by atomic mass is 10.2. The van der Waals surface area contributed by atoms with Crippen LogP contribution in [0.1, 0.15) is 37.0 Å². The van der Waals surface area contributed by atoms with E-state index < -0.39 is 0 Å². The highest BCUT2D eigenvalue weighted by Crippen LogP contribution is 2.07. The molecule has 1 aromatic carbocycles. The molecular weight excluding hydrogens is 284 g/mol. The molecule has 0 atom stereocenters. The Morgan fingerprint density at radius 3 is 2.52 bits per heavy atom. The predicted molar refractivity (Wildman–Crippen MR) is 89.5 cm³/mol. The topological polar surface area (TPSA) is 55.6 Å². The van der Waals surface area contributed by atoms with Crippen molar-refractivity contribution in [2.75, 3.05) is 19.7 Å². The molecule has 0 unspecified atom stereocenters. The number of ether oxygens (including phenoxy) is 1. The van der Waals surface area contributed by atoms with Crippen molar-refractivity contribution >= 4 is 23.1 Å². The third-order valence-corrected chi connectivity index (χ3v) is 3.16. The fraction of sp³-hybridized carbons (Fsp3) is 0.500. The van der Waals surface area contributed by atoms with Gasteiger partial charge in [-0.2, -0.15) is 0 Å². The Labute approximate surface area is 132 Å². The van der Waals surface area contributed by atoms with Crippen LogP contribution >= 0.6 is 12.2 Å². The second-order valence-corrected chi connectivity index (χ2v) is 5.67. The predicted octanol–water partition coefficient (Wildman–Crippen LogP) is 2.62. The van der Waals surface area contributed by atoms with E-state index in [0.717, 1.165) is 6.42 Å². The summed E-state index contributed by atoms with van der Waals surface area (Å²) in [6.45, 7) is 5.83. The number of thiocarbonyl (C=S) groups is 1. The number of nitrogens with zero attached hydrogens (tertiary/aromatic N) is 1. The summed E-state index contributed by atoms with van der Waals surface area (Å²) in [4.78, 5) is 14.7. The molecule has 21 heavy (non-hydrogen) atoms. The number of carbonyl (C=O) groups excluding carboxylic acids is 1. The summed E-state index contributed by atoms with van der Waals surface area (Å²) < 4.78 is 5.51. The quantitative estimate of drug-likeness (QED) is 0.563. The summed E-state index contributed by atoms with van der Waals surface area (Å²) in [5.41, 5.74) is 6.23. The minimum absolute atomic E-state index is 0.0106. The second-order valence-electron chi connectivity index (χ2n) is 5.15. The van der Waals surface area contributed by atoms with Gasteiger partial charge in [-0.25, -0.2) is 0 Å².